The van der Waals surface area contributed by atoms with Crippen molar-refractivity contribution in [1.82, 2.24) is 15.1 Å². The first-order valence-electron chi connectivity index (χ1n) is 7.54. The van der Waals surface area contributed by atoms with Gasteiger partial charge in [-0.2, -0.15) is 0 Å². The van der Waals surface area contributed by atoms with E-state index in [1.54, 1.807) is 0 Å². The lowest BCUT2D eigenvalue weighted by molar-refractivity contribution is -0.140. The maximum Gasteiger partial charge on any atom is 0.240 e. The lowest BCUT2D eigenvalue weighted by atomic mass is 10.1. The Balaban J connectivity index is 0.00000147. The molecule has 2 amide bonds. The molecule has 0 aromatic rings. The van der Waals surface area contributed by atoms with Crippen LogP contribution in [0.25, 0.3) is 0 Å². The third-order valence-electron chi connectivity index (χ3n) is 4.40. The first kappa shape index (κ1) is 15.6. The van der Waals surface area contributed by atoms with Crippen LogP contribution in [0, 0.1) is 5.92 Å². The molecule has 6 heteroatoms. The molecule has 5 nitrogen and oxygen atoms in total. The van der Waals surface area contributed by atoms with Gasteiger partial charge in [0.1, 0.15) is 0 Å². The van der Waals surface area contributed by atoms with Gasteiger partial charge in [-0.15, -0.1) is 12.4 Å². The van der Waals surface area contributed by atoms with E-state index in [2.05, 4.69) is 5.32 Å². The maximum atomic E-state index is 12.3. The van der Waals surface area contributed by atoms with Gasteiger partial charge >= 0.3 is 0 Å². The summed E-state index contributed by atoms with van der Waals surface area (Å²) in [6.07, 6.45) is 5.06. The summed E-state index contributed by atoms with van der Waals surface area (Å²) < 4.78 is 0. The van der Waals surface area contributed by atoms with Gasteiger partial charge in [-0.3, -0.25) is 9.59 Å². The molecule has 1 saturated carbocycles. The van der Waals surface area contributed by atoms with E-state index in [1.165, 1.54) is 12.8 Å². The summed E-state index contributed by atoms with van der Waals surface area (Å²) in [5.74, 6) is 0.985. The third-order valence-corrected chi connectivity index (χ3v) is 4.40. The summed E-state index contributed by atoms with van der Waals surface area (Å²) in [6, 6.07) is -0.291. The molecule has 0 bridgehead atoms. The van der Waals surface area contributed by atoms with Crippen LogP contribution >= 0.6 is 12.4 Å². The highest BCUT2D eigenvalue weighted by Gasteiger charge is 2.34. The zero-order valence-electron chi connectivity index (χ0n) is 11.8. The predicted molar refractivity (Wildman–Crippen MR) is 78.8 cm³/mol. The normalized spacial score (nSPS) is 26.6. The molecule has 1 aliphatic carbocycles. The molecule has 3 aliphatic rings. The molecule has 2 aliphatic heterocycles. The first-order valence-corrected chi connectivity index (χ1v) is 7.54. The van der Waals surface area contributed by atoms with Gasteiger partial charge in [0, 0.05) is 32.7 Å². The van der Waals surface area contributed by atoms with Gasteiger partial charge in [-0.05, 0) is 31.6 Å². The molecule has 20 heavy (non-hydrogen) atoms. The lowest BCUT2D eigenvalue weighted by Crippen LogP contribution is -2.56. The lowest BCUT2D eigenvalue weighted by Gasteiger charge is -2.33. The number of carbonyl (C=O) groups is 2. The predicted octanol–water partition coefficient (Wildman–Crippen LogP) is 0.631. The van der Waals surface area contributed by atoms with Crippen molar-refractivity contribution in [2.45, 2.75) is 38.1 Å². The molecule has 2 saturated heterocycles. The molecule has 0 aromatic carbocycles. The van der Waals surface area contributed by atoms with Crippen molar-refractivity contribution < 1.29 is 9.59 Å². The molecule has 2 heterocycles. The number of hydrogen-bond acceptors (Lipinski definition) is 3. The second kappa shape index (κ2) is 6.76. The van der Waals surface area contributed by atoms with E-state index in [0.717, 1.165) is 51.5 Å². The van der Waals surface area contributed by atoms with E-state index in [1.807, 2.05) is 9.80 Å². The molecule has 1 atom stereocenters. The summed E-state index contributed by atoms with van der Waals surface area (Å²) in [5.41, 5.74) is 0. The van der Waals surface area contributed by atoms with Crippen LogP contribution in [0.3, 0.4) is 0 Å². The van der Waals surface area contributed by atoms with Crippen molar-refractivity contribution in [1.29, 1.82) is 0 Å². The molecule has 1 N–H and O–H groups in total. The van der Waals surface area contributed by atoms with E-state index >= 15 is 0 Å². The Hall–Kier alpha value is -0.810. The van der Waals surface area contributed by atoms with Crippen LogP contribution in [0.15, 0.2) is 0 Å². The largest absolute Gasteiger partial charge is 0.343 e. The number of carbonyl (C=O) groups excluding carboxylic acids is 2. The fourth-order valence-corrected chi connectivity index (χ4v) is 3.01. The molecule has 3 fully saturated rings. The Kier molecular flexibility index (Phi) is 5.27. The Morgan fingerprint density at radius 2 is 1.90 bits per heavy atom. The molecular weight excluding hydrogens is 278 g/mol. The monoisotopic (exact) mass is 301 g/mol. The average molecular weight is 302 g/mol. The highest BCUT2D eigenvalue weighted by molar-refractivity contribution is 5.89. The molecule has 114 valence electrons. The number of nitrogens with zero attached hydrogens (tertiary/aromatic N) is 2. The Morgan fingerprint density at radius 1 is 1.20 bits per heavy atom. The van der Waals surface area contributed by atoms with Gasteiger partial charge in [-0.1, -0.05) is 0 Å². The summed E-state index contributed by atoms with van der Waals surface area (Å²) in [4.78, 5) is 28.3. The highest BCUT2D eigenvalue weighted by Crippen LogP contribution is 2.30. The van der Waals surface area contributed by atoms with Crippen molar-refractivity contribution in [3.8, 4) is 0 Å². The quantitative estimate of drug-likeness (QED) is 0.829. The van der Waals surface area contributed by atoms with Gasteiger partial charge in [0.25, 0.3) is 0 Å². The number of nitrogens with one attached hydrogen (secondary N) is 1. The Morgan fingerprint density at radius 3 is 2.55 bits per heavy atom. The second-order valence-electron chi connectivity index (χ2n) is 6.03. The van der Waals surface area contributed by atoms with Crippen molar-refractivity contribution in [3.05, 3.63) is 0 Å². The van der Waals surface area contributed by atoms with Crippen LogP contribution in [0.2, 0.25) is 0 Å². The van der Waals surface area contributed by atoms with Crippen LogP contribution in [-0.4, -0.2) is 60.4 Å². The van der Waals surface area contributed by atoms with Crippen LogP contribution < -0.4 is 5.32 Å². The smallest absolute Gasteiger partial charge is 0.240 e. The standard InChI is InChI=1S/C14H23N3O2.ClH/c18-13(16-6-1-2-7-16)9-12-14(19)17(8-5-15-12)10-11-3-4-11;/h11-12,15H,1-10H2;1H. The molecule has 0 spiro atoms. The summed E-state index contributed by atoms with van der Waals surface area (Å²) >= 11 is 0. The average Bonchev–Trinajstić information content (AvgIpc) is 3.05. The van der Waals surface area contributed by atoms with E-state index in [-0.39, 0.29) is 30.3 Å². The topological polar surface area (TPSA) is 52.7 Å². The molecule has 0 aromatic heterocycles. The van der Waals surface area contributed by atoms with Crippen LogP contribution in [0.1, 0.15) is 32.1 Å². The highest BCUT2D eigenvalue weighted by atomic mass is 35.5. The molecular formula is C14H24ClN3O2. The fourth-order valence-electron chi connectivity index (χ4n) is 3.01. The van der Waals surface area contributed by atoms with Crippen molar-refractivity contribution >= 4 is 24.2 Å². The first-order chi connectivity index (χ1) is 9.24. The van der Waals surface area contributed by atoms with Gasteiger partial charge < -0.3 is 15.1 Å². The Labute approximate surface area is 126 Å². The van der Waals surface area contributed by atoms with Gasteiger partial charge in [0.15, 0.2) is 0 Å². The van der Waals surface area contributed by atoms with E-state index in [9.17, 15) is 9.59 Å². The number of likely N-dealkylation sites (tertiary alicyclic amines) is 1. The van der Waals surface area contributed by atoms with Crippen molar-refractivity contribution in [3.63, 3.8) is 0 Å². The SMILES string of the molecule is Cl.O=C(CC1NCCN(CC2CC2)C1=O)N1CCCC1. The number of piperazine rings is 1. The number of halogens is 1. The van der Waals surface area contributed by atoms with Crippen molar-refractivity contribution in [2.24, 2.45) is 5.92 Å². The number of amides is 2. The van der Waals surface area contributed by atoms with Crippen molar-refractivity contribution in [2.75, 3.05) is 32.7 Å². The Bertz CT molecular complexity index is 367. The zero-order chi connectivity index (χ0) is 13.2. The summed E-state index contributed by atoms with van der Waals surface area (Å²) in [7, 11) is 0. The number of rotatable bonds is 4. The maximum absolute atomic E-state index is 12.3. The third kappa shape index (κ3) is 3.64. The molecule has 1 unspecified atom stereocenters. The fraction of sp³-hybridized carbons (Fsp3) is 0.857. The van der Waals surface area contributed by atoms with Gasteiger partial charge in [0.2, 0.25) is 11.8 Å². The van der Waals surface area contributed by atoms with Gasteiger partial charge in [0.05, 0.1) is 12.5 Å². The van der Waals surface area contributed by atoms with Crippen LogP contribution in [0.5, 0.6) is 0 Å². The van der Waals surface area contributed by atoms with Gasteiger partial charge in [-0.25, -0.2) is 0 Å². The minimum Gasteiger partial charge on any atom is -0.343 e. The van der Waals surface area contributed by atoms with E-state index < -0.39 is 0 Å². The zero-order valence-corrected chi connectivity index (χ0v) is 12.7. The van der Waals surface area contributed by atoms with E-state index in [4.69, 9.17) is 0 Å². The summed E-state index contributed by atoms with van der Waals surface area (Å²) in [6.45, 7) is 4.24. The molecule has 3 rings (SSSR count). The summed E-state index contributed by atoms with van der Waals surface area (Å²) in [5, 5.41) is 3.21. The van der Waals surface area contributed by atoms with E-state index in [0.29, 0.717) is 6.42 Å². The van der Waals surface area contributed by atoms with Crippen LogP contribution in [0.4, 0.5) is 0 Å². The van der Waals surface area contributed by atoms with Crippen LogP contribution in [-0.2, 0) is 9.59 Å². The minimum absolute atomic E-state index is 0. The second-order valence-corrected chi connectivity index (χ2v) is 6.03. The number of hydrogen-bond donors (Lipinski definition) is 1. The minimum atomic E-state index is -0.291. The molecule has 0 radical (unpaired) electrons.